The van der Waals surface area contributed by atoms with Gasteiger partial charge in [-0.25, -0.2) is 0 Å². The van der Waals surface area contributed by atoms with Crippen molar-refractivity contribution in [2.24, 2.45) is 5.92 Å². The summed E-state index contributed by atoms with van der Waals surface area (Å²) in [7, 11) is 0. The minimum atomic E-state index is -0.800. The average Bonchev–Trinajstić information content (AvgIpc) is 3.18. The summed E-state index contributed by atoms with van der Waals surface area (Å²) in [6.45, 7) is 0. The molecular formula is C14H15N5O3. The number of benzene rings is 1. The van der Waals surface area contributed by atoms with Gasteiger partial charge >= 0.3 is 5.97 Å². The SMILES string of the molecule is O=C(N[C@H]1CC[C@@H](C(=O)O)C1)c1ccccc1-n1cnnn1. The number of rotatable bonds is 4. The maximum Gasteiger partial charge on any atom is 0.306 e. The van der Waals surface area contributed by atoms with E-state index < -0.39 is 5.97 Å². The molecule has 114 valence electrons. The Morgan fingerprint density at radius 3 is 2.77 bits per heavy atom. The van der Waals surface area contributed by atoms with E-state index >= 15 is 0 Å². The first-order chi connectivity index (χ1) is 10.6. The van der Waals surface area contributed by atoms with Gasteiger partial charge in [-0.15, -0.1) is 5.10 Å². The van der Waals surface area contributed by atoms with Gasteiger partial charge in [0.05, 0.1) is 17.2 Å². The van der Waals surface area contributed by atoms with E-state index in [0.29, 0.717) is 30.5 Å². The fraction of sp³-hybridized carbons (Fsp3) is 0.357. The minimum Gasteiger partial charge on any atom is -0.481 e. The van der Waals surface area contributed by atoms with Crippen molar-refractivity contribution in [2.75, 3.05) is 0 Å². The molecule has 2 atom stereocenters. The summed E-state index contributed by atoms with van der Waals surface area (Å²) in [4.78, 5) is 23.4. The van der Waals surface area contributed by atoms with Crippen LogP contribution in [0.25, 0.3) is 5.69 Å². The molecule has 3 rings (SSSR count). The number of carbonyl (C=O) groups excluding carboxylic acids is 1. The van der Waals surface area contributed by atoms with Gasteiger partial charge in [0.1, 0.15) is 6.33 Å². The second kappa shape index (κ2) is 5.92. The van der Waals surface area contributed by atoms with Crippen molar-refractivity contribution in [1.29, 1.82) is 0 Å². The van der Waals surface area contributed by atoms with Crippen LogP contribution >= 0.6 is 0 Å². The zero-order chi connectivity index (χ0) is 15.5. The highest BCUT2D eigenvalue weighted by Crippen LogP contribution is 2.26. The van der Waals surface area contributed by atoms with E-state index in [1.165, 1.54) is 11.0 Å². The Labute approximate surface area is 126 Å². The van der Waals surface area contributed by atoms with Gasteiger partial charge in [-0.3, -0.25) is 9.59 Å². The predicted octanol–water partition coefficient (Wildman–Crippen LogP) is 0.645. The maximum absolute atomic E-state index is 12.5. The van der Waals surface area contributed by atoms with Crippen molar-refractivity contribution in [3.8, 4) is 5.69 Å². The van der Waals surface area contributed by atoms with Gasteiger partial charge in [-0.1, -0.05) is 12.1 Å². The third-order valence-corrected chi connectivity index (χ3v) is 3.86. The van der Waals surface area contributed by atoms with E-state index in [4.69, 9.17) is 5.11 Å². The van der Waals surface area contributed by atoms with Crippen LogP contribution in [0.5, 0.6) is 0 Å². The highest BCUT2D eigenvalue weighted by molar-refractivity contribution is 5.97. The number of aliphatic carboxylic acids is 1. The third kappa shape index (κ3) is 2.80. The third-order valence-electron chi connectivity index (χ3n) is 3.86. The van der Waals surface area contributed by atoms with Crippen LogP contribution in [0.2, 0.25) is 0 Å². The van der Waals surface area contributed by atoms with Crippen molar-refractivity contribution in [2.45, 2.75) is 25.3 Å². The molecule has 1 fully saturated rings. The first-order valence-corrected chi connectivity index (χ1v) is 7.01. The van der Waals surface area contributed by atoms with Gasteiger partial charge in [0.15, 0.2) is 0 Å². The standard InChI is InChI=1S/C14H15N5O3/c20-13(16-10-6-5-9(7-10)14(21)22)11-3-1-2-4-12(11)19-8-15-17-18-19/h1-4,8-10H,5-7H2,(H,16,20)(H,21,22)/t9-,10+/m1/s1. The molecule has 1 aromatic carbocycles. The molecular weight excluding hydrogens is 286 g/mol. The number of carboxylic acid groups (broad SMARTS) is 1. The fourth-order valence-corrected chi connectivity index (χ4v) is 2.74. The van der Waals surface area contributed by atoms with Crippen molar-refractivity contribution in [3.63, 3.8) is 0 Å². The van der Waals surface area contributed by atoms with Gasteiger partial charge < -0.3 is 10.4 Å². The molecule has 0 spiro atoms. The summed E-state index contributed by atoms with van der Waals surface area (Å²) in [5.41, 5.74) is 1.03. The second-order valence-electron chi connectivity index (χ2n) is 5.29. The lowest BCUT2D eigenvalue weighted by Gasteiger charge is -2.14. The number of tetrazole rings is 1. The largest absolute Gasteiger partial charge is 0.481 e. The van der Waals surface area contributed by atoms with E-state index in [0.717, 1.165) is 0 Å². The van der Waals surface area contributed by atoms with Crippen molar-refractivity contribution in [1.82, 2.24) is 25.5 Å². The van der Waals surface area contributed by atoms with E-state index in [9.17, 15) is 9.59 Å². The molecule has 0 saturated heterocycles. The van der Waals surface area contributed by atoms with Crippen LogP contribution in [-0.2, 0) is 4.79 Å². The molecule has 1 aliphatic carbocycles. The first kappa shape index (κ1) is 14.2. The monoisotopic (exact) mass is 301 g/mol. The van der Waals surface area contributed by atoms with Crippen molar-refractivity contribution < 1.29 is 14.7 Å². The molecule has 0 aliphatic heterocycles. The molecule has 8 heteroatoms. The Morgan fingerprint density at radius 2 is 2.09 bits per heavy atom. The number of hydrogen-bond acceptors (Lipinski definition) is 5. The summed E-state index contributed by atoms with van der Waals surface area (Å²) in [6, 6.07) is 6.88. The van der Waals surface area contributed by atoms with Crippen molar-refractivity contribution in [3.05, 3.63) is 36.2 Å². The Morgan fingerprint density at radius 1 is 1.27 bits per heavy atom. The summed E-state index contributed by atoms with van der Waals surface area (Å²) >= 11 is 0. The summed E-state index contributed by atoms with van der Waals surface area (Å²) in [5, 5.41) is 22.8. The van der Waals surface area contributed by atoms with Crippen LogP contribution in [0.4, 0.5) is 0 Å². The Hall–Kier alpha value is -2.77. The van der Waals surface area contributed by atoms with Crippen LogP contribution in [0.15, 0.2) is 30.6 Å². The van der Waals surface area contributed by atoms with E-state index in [-0.39, 0.29) is 17.9 Å². The van der Waals surface area contributed by atoms with Gasteiger partial charge in [0, 0.05) is 6.04 Å². The lowest BCUT2D eigenvalue weighted by Crippen LogP contribution is -2.34. The number of aromatic nitrogens is 4. The zero-order valence-corrected chi connectivity index (χ0v) is 11.7. The molecule has 0 unspecified atom stereocenters. The molecule has 2 N–H and O–H groups in total. The Bertz CT molecular complexity index is 686. The predicted molar refractivity (Wildman–Crippen MR) is 75.4 cm³/mol. The number of carboxylic acids is 1. The van der Waals surface area contributed by atoms with Crippen LogP contribution in [0.1, 0.15) is 29.6 Å². The average molecular weight is 301 g/mol. The second-order valence-corrected chi connectivity index (χ2v) is 5.29. The highest BCUT2D eigenvalue weighted by Gasteiger charge is 2.31. The van der Waals surface area contributed by atoms with E-state index in [1.807, 2.05) is 0 Å². The van der Waals surface area contributed by atoms with Gasteiger partial charge in [0.2, 0.25) is 0 Å². The molecule has 8 nitrogen and oxygen atoms in total. The highest BCUT2D eigenvalue weighted by atomic mass is 16.4. The molecule has 2 aromatic rings. The van der Waals surface area contributed by atoms with Gasteiger partial charge in [0.25, 0.3) is 5.91 Å². The Balaban J connectivity index is 1.75. The number of hydrogen-bond donors (Lipinski definition) is 2. The smallest absolute Gasteiger partial charge is 0.306 e. The molecule has 1 aromatic heterocycles. The lowest BCUT2D eigenvalue weighted by atomic mass is 10.1. The van der Waals surface area contributed by atoms with E-state index in [2.05, 4.69) is 20.8 Å². The number of para-hydroxylation sites is 1. The molecule has 1 saturated carbocycles. The number of carbonyl (C=O) groups is 2. The molecule has 1 amide bonds. The Kier molecular flexibility index (Phi) is 3.82. The molecule has 1 aliphatic rings. The quantitative estimate of drug-likeness (QED) is 0.857. The summed E-state index contributed by atoms with van der Waals surface area (Å²) < 4.78 is 1.42. The van der Waals surface area contributed by atoms with Gasteiger partial charge in [-0.2, -0.15) is 4.68 Å². The van der Waals surface area contributed by atoms with E-state index in [1.54, 1.807) is 24.3 Å². The maximum atomic E-state index is 12.5. The van der Waals surface area contributed by atoms with Gasteiger partial charge in [-0.05, 0) is 41.8 Å². The molecule has 22 heavy (non-hydrogen) atoms. The molecule has 1 heterocycles. The zero-order valence-electron chi connectivity index (χ0n) is 11.7. The first-order valence-electron chi connectivity index (χ1n) is 7.01. The van der Waals surface area contributed by atoms with Crippen LogP contribution in [0.3, 0.4) is 0 Å². The van der Waals surface area contributed by atoms with Crippen molar-refractivity contribution >= 4 is 11.9 Å². The number of amides is 1. The number of nitrogens with zero attached hydrogens (tertiary/aromatic N) is 4. The minimum absolute atomic E-state index is 0.115. The number of nitrogens with one attached hydrogen (secondary N) is 1. The topological polar surface area (TPSA) is 110 Å². The summed E-state index contributed by atoms with van der Waals surface area (Å²) in [5.74, 6) is -1.42. The molecule has 0 radical (unpaired) electrons. The molecule has 0 bridgehead atoms. The van der Waals surface area contributed by atoms with Crippen LogP contribution in [-0.4, -0.2) is 43.2 Å². The van der Waals surface area contributed by atoms with Crippen LogP contribution < -0.4 is 5.32 Å². The fourth-order valence-electron chi connectivity index (χ4n) is 2.74. The normalized spacial score (nSPS) is 20.7. The summed E-state index contributed by atoms with van der Waals surface area (Å²) in [6.07, 6.45) is 3.15. The van der Waals surface area contributed by atoms with Crippen LogP contribution in [0, 0.1) is 5.92 Å². The lowest BCUT2D eigenvalue weighted by molar-refractivity contribution is -0.141.